The molecular formula is C18H25F9O7S. The molecule has 0 amide bonds. The molecule has 0 aliphatic heterocycles. The molecule has 0 bridgehead atoms. The largest absolute Gasteiger partial charge is 0.481 e. The highest BCUT2D eigenvalue weighted by Crippen LogP contribution is 2.54. The summed E-state index contributed by atoms with van der Waals surface area (Å²) in [7, 11) is -5.71. The summed E-state index contributed by atoms with van der Waals surface area (Å²) >= 11 is 0. The third-order valence-corrected chi connectivity index (χ3v) is 7.25. The minimum absolute atomic E-state index is 0.154. The van der Waals surface area contributed by atoms with Gasteiger partial charge in [0.05, 0.1) is 13.0 Å². The summed E-state index contributed by atoms with van der Waals surface area (Å²) < 4.78 is 142. The van der Waals surface area contributed by atoms with Gasteiger partial charge in [0.2, 0.25) is 4.75 Å². The van der Waals surface area contributed by atoms with Gasteiger partial charge in [0.15, 0.2) is 0 Å². The minimum atomic E-state index is -7.20. The lowest BCUT2D eigenvalue weighted by molar-refractivity contribution is -0.397. The Morgan fingerprint density at radius 1 is 0.914 bits per heavy atom. The molecular weight excluding hydrogens is 531 g/mol. The van der Waals surface area contributed by atoms with E-state index < -0.39 is 82.5 Å². The molecule has 0 fully saturated rings. The van der Waals surface area contributed by atoms with Crippen LogP contribution in [0.3, 0.4) is 0 Å². The van der Waals surface area contributed by atoms with E-state index in [1.165, 1.54) is 6.92 Å². The molecule has 0 rings (SSSR count). The van der Waals surface area contributed by atoms with Crippen LogP contribution in [0.25, 0.3) is 0 Å². The molecule has 0 aromatic carbocycles. The fraction of sp³-hybridized carbons (Fsp3) is 0.889. The van der Waals surface area contributed by atoms with Gasteiger partial charge in [0.1, 0.15) is 0 Å². The van der Waals surface area contributed by atoms with E-state index in [1.807, 2.05) is 0 Å². The molecule has 17 heteroatoms. The molecule has 0 aromatic rings. The van der Waals surface area contributed by atoms with E-state index in [0.717, 1.165) is 0 Å². The molecule has 7 nitrogen and oxygen atoms in total. The first-order valence-corrected chi connectivity index (χ1v) is 11.5. The number of hydrogen-bond donors (Lipinski definition) is 2. The normalized spacial score (nSPS) is 16.5. The number of hydrogen-bond acceptors (Lipinski definition) is 5. The van der Waals surface area contributed by atoms with E-state index in [0.29, 0.717) is 12.8 Å². The Balaban J connectivity index is 6.04. The van der Waals surface area contributed by atoms with E-state index in [2.05, 4.69) is 4.18 Å². The highest BCUT2D eigenvalue weighted by Gasteiger charge is 2.81. The molecule has 2 atom stereocenters. The van der Waals surface area contributed by atoms with Crippen molar-refractivity contribution in [1.82, 2.24) is 0 Å². The van der Waals surface area contributed by atoms with E-state index in [4.69, 9.17) is 5.11 Å². The smallest absolute Gasteiger partial charge is 0.460 e. The Bertz CT molecular complexity index is 844. The SMILES string of the molecule is CCCCC(CC)CC(CC(=O)O)(C(=O)O)S(=O)(=O)OCCC(F)(F)C(F)(F)C(F)(F)C(F)(F)F. The standard InChI is InChI=1S/C18H25F9O7S/c1-3-5-6-11(4-2)9-14(13(30)31,10-12(28)29)35(32,33)34-8-7-15(19,20)16(21,22)17(23,24)18(25,26)27/h11H,3-10H2,1-2H3,(H,28,29)(H,30,31). The predicted octanol–water partition coefficient (Wildman–Crippen LogP) is 5.10. The molecule has 35 heavy (non-hydrogen) atoms. The van der Waals surface area contributed by atoms with Gasteiger partial charge in [-0.15, -0.1) is 0 Å². The van der Waals surface area contributed by atoms with Crippen LogP contribution in [0.15, 0.2) is 0 Å². The Morgan fingerprint density at radius 2 is 1.43 bits per heavy atom. The van der Waals surface area contributed by atoms with Gasteiger partial charge < -0.3 is 10.2 Å². The quantitative estimate of drug-likeness (QED) is 0.201. The summed E-state index contributed by atoms with van der Waals surface area (Å²) in [4.78, 5) is 23.1. The fourth-order valence-corrected chi connectivity index (χ4v) is 4.63. The Morgan fingerprint density at radius 3 is 1.80 bits per heavy atom. The van der Waals surface area contributed by atoms with Gasteiger partial charge in [-0.3, -0.25) is 13.8 Å². The zero-order valence-electron chi connectivity index (χ0n) is 18.5. The molecule has 0 heterocycles. The van der Waals surface area contributed by atoms with Crippen molar-refractivity contribution >= 4 is 22.1 Å². The maximum Gasteiger partial charge on any atom is 0.460 e. The average Bonchev–Trinajstić information content (AvgIpc) is 2.67. The van der Waals surface area contributed by atoms with E-state index in [1.54, 1.807) is 6.92 Å². The van der Waals surface area contributed by atoms with Crippen molar-refractivity contribution < 1.29 is 71.9 Å². The van der Waals surface area contributed by atoms with Crippen molar-refractivity contribution in [2.24, 2.45) is 5.92 Å². The second kappa shape index (κ2) is 11.5. The lowest BCUT2D eigenvalue weighted by atomic mass is 9.86. The molecule has 0 aromatic heterocycles. The molecule has 2 N–H and O–H groups in total. The number of aliphatic carboxylic acids is 2. The molecule has 0 spiro atoms. The Hall–Kier alpha value is -1.78. The van der Waals surface area contributed by atoms with Crippen molar-refractivity contribution in [3.05, 3.63) is 0 Å². The second-order valence-electron chi connectivity index (χ2n) is 7.87. The molecule has 0 saturated heterocycles. The summed E-state index contributed by atoms with van der Waals surface area (Å²) in [5.41, 5.74) is 0. The van der Waals surface area contributed by atoms with Crippen LogP contribution in [-0.4, -0.2) is 65.9 Å². The molecule has 0 saturated carbocycles. The van der Waals surface area contributed by atoms with Crippen LogP contribution in [0.1, 0.15) is 58.8 Å². The topological polar surface area (TPSA) is 118 Å². The zero-order chi connectivity index (χ0) is 28.1. The summed E-state index contributed by atoms with van der Waals surface area (Å²) in [5, 5.41) is 18.6. The van der Waals surface area contributed by atoms with E-state index >= 15 is 0 Å². The summed E-state index contributed by atoms with van der Waals surface area (Å²) in [5.74, 6) is -25.3. The van der Waals surface area contributed by atoms with Crippen molar-refractivity contribution in [1.29, 1.82) is 0 Å². The minimum Gasteiger partial charge on any atom is -0.481 e. The van der Waals surface area contributed by atoms with E-state index in [-0.39, 0.29) is 12.8 Å². The third-order valence-electron chi connectivity index (χ3n) is 5.33. The molecule has 2 unspecified atom stereocenters. The summed E-state index contributed by atoms with van der Waals surface area (Å²) in [6, 6.07) is 0. The number of carboxylic acids is 2. The van der Waals surface area contributed by atoms with Gasteiger partial charge >= 0.3 is 35.9 Å². The third kappa shape index (κ3) is 7.13. The number of carboxylic acid groups (broad SMARTS) is 2. The zero-order valence-corrected chi connectivity index (χ0v) is 19.3. The first-order valence-electron chi connectivity index (χ1n) is 10.1. The lowest BCUT2D eigenvalue weighted by Gasteiger charge is -2.34. The van der Waals surface area contributed by atoms with Crippen molar-refractivity contribution in [3.63, 3.8) is 0 Å². The number of alkyl halides is 9. The number of rotatable bonds is 16. The van der Waals surface area contributed by atoms with Crippen molar-refractivity contribution in [3.8, 4) is 0 Å². The maximum absolute atomic E-state index is 13.7. The van der Waals surface area contributed by atoms with Gasteiger partial charge in [-0.1, -0.05) is 39.5 Å². The van der Waals surface area contributed by atoms with Crippen LogP contribution in [0.2, 0.25) is 0 Å². The van der Waals surface area contributed by atoms with Gasteiger partial charge in [-0.05, 0) is 12.3 Å². The van der Waals surface area contributed by atoms with Crippen LogP contribution in [0.5, 0.6) is 0 Å². The molecule has 0 aliphatic carbocycles. The summed E-state index contributed by atoms with van der Waals surface area (Å²) in [6.45, 7) is 1.12. The second-order valence-corrected chi connectivity index (χ2v) is 9.79. The number of halogens is 9. The first-order chi connectivity index (χ1) is 15.6. The van der Waals surface area contributed by atoms with Gasteiger partial charge in [-0.2, -0.15) is 47.9 Å². The van der Waals surface area contributed by atoms with Crippen LogP contribution in [0.4, 0.5) is 39.5 Å². The molecule has 208 valence electrons. The van der Waals surface area contributed by atoms with Crippen LogP contribution >= 0.6 is 0 Å². The van der Waals surface area contributed by atoms with E-state index in [9.17, 15) is 62.6 Å². The van der Waals surface area contributed by atoms with Crippen LogP contribution in [0, 0.1) is 5.92 Å². The summed E-state index contributed by atoms with van der Waals surface area (Å²) in [6.07, 6.45) is -10.9. The molecule has 0 radical (unpaired) electrons. The average molecular weight is 556 g/mol. The fourth-order valence-electron chi connectivity index (χ4n) is 3.14. The van der Waals surface area contributed by atoms with Gasteiger partial charge in [0.25, 0.3) is 10.1 Å². The van der Waals surface area contributed by atoms with Crippen LogP contribution < -0.4 is 0 Å². The highest BCUT2D eigenvalue weighted by atomic mass is 32.2. The Kier molecular flexibility index (Phi) is 10.9. The highest BCUT2D eigenvalue weighted by molar-refractivity contribution is 7.89. The van der Waals surface area contributed by atoms with Crippen molar-refractivity contribution in [2.75, 3.05) is 6.61 Å². The van der Waals surface area contributed by atoms with Crippen molar-refractivity contribution in [2.45, 2.75) is 87.5 Å². The first kappa shape index (κ1) is 33.2. The monoisotopic (exact) mass is 556 g/mol. The van der Waals surface area contributed by atoms with Gasteiger partial charge in [-0.25, -0.2) is 0 Å². The lowest BCUT2D eigenvalue weighted by Crippen LogP contribution is -2.61. The number of unbranched alkanes of at least 4 members (excludes halogenated alkanes) is 1. The Labute approximate surface area is 194 Å². The van der Waals surface area contributed by atoms with Crippen LogP contribution in [-0.2, 0) is 23.9 Å². The maximum atomic E-state index is 13.7. The molecule has 0 aliphatic rings. The van der Waals surface area contributed by atoms with Gasteiger partial charge in [0, 0.05) is 6.42 Å². The number of carbonyl (C=O) groups is 2. The predicted molar refractivity (Wildman–Crippen MR) is 101 cm³/mol.